The Kier molecular flexibility index (Phi) is 2.96. The molecule has 25 heavy (non-hydrogen) atoms. The van der Waals surface area contributed by atoms with Crippen LogP contribution in [-0.2, 0) is 0 Å². The molecule has 0 aliphatic carbocycles. The van der Waals surface area contributed by atoms with Crippen molar-refractivity contribution >= 4 is 33.2 Å². The first-order chi connectivity index (χ1) is 12.2. The largest absolute Gasteiger partial charge is 0.422 e. The number of rotatable bonds is 1. The lowest BCUT2D eigenvalue weighted by Crippen LogP contribution is -2.04. The first-order valence-corrected chi connectivity index (χ1v) is 8.58. The topological polar surface area (TPSA) is 68.9 Å². The Bertz CT molecular complexity index is 1290. The van der Waals surface area contributed by atoms with Crippen LogP contribution in [0.5, 0.6) is 0 Å². The molecule has 3 heterocycles. The van der Waals surface area contributed by atoms with Crippen LogP contribution >= 0.6 is 11.3 Å². The van der Waals surface area contributed by atoms with Crippen molar-refractivity contribution in [2.45, 2.75) is 6.92 Å². The van der Waals surface area contributed by atoms with Crippen molar-refractivity contribution in [1.82, 2.24) is 15.2 Å². The molecule has 0 atom stereocenters. The third-order valence-electron chi connectivity index (χ3n) is 4.21. The molecule has 6 heteroatoms. The van der Waals surface area contributed by atoms with Crippen LogP contribution in [0.2, 0.25) is 0 Å². The predicted molar refractivity (Wildman–Crippen MR) is 98.0 cm³/mol. The number of nitrogens with zero attached hydrogens (tertiary/aromatic N) is 3. The van der Waals surface area contributed by atoms with Crippen LogP contribution in [-0.4, -0.2) is 15.2 Å². The molecule has 1 aromatic heterocycles. The Morgan fingerprint density at radius 2 is 1.88 bits per heavy atom. The van der Waals surface area contributed by atoms with E-state index in [0.717, 1.165) is 32.6 Å². The lowest BCUT2D eigenvalue weighted by Gasteiger charge is -2.04. The summed E-state index contributed by atoms with van der Waals surface area (Å²) in [6.07, 6.45) is 0. The van der Waals surface area contributed by atoms with E-state index >= 15 is 0 Å². The number of fused-ring (bicyclic) bond motifs is 4. The normalized spacial score (nSPS) is 11.6. The van der Waals surface area contributed by atoms with E-state index in [0.29, 0.717) is 16.2 Å². The van der Waals surface area contributed by atoms with Gasteiger partial charge in [0.15, 0.2) is 5.01 Å². The van der Waals surface area contributed by atoms with E-state index in [1.165, 1.54) is 11.3 Å². The van der Waals surface area contributed by atoms with Gasteiger partial charge in [0.25, 0.3) is 0 Å². The quantitative estimate of drug-likeness (QED) is 0.424. The summed E-state index contributed by atoms with van der Waals surface area (Å²) in [5.41, 5.74) is 3.15. The van der Waals surface area contributed by atoms with Crippen LogP contribution in [0.15, 0.2) is 57.7 Å². The van der Waals surface area contributed by atoms with Crippen molar-refractivity contribution in [3.63, 3.8) is 0 Å². The van der Waals surface area contributed by atoms with Crippen LogP contribution in [0, 0.1) is 6.92 Å². The molecule has 0 amide bonds. The van der Waals surface area contributed by atoms with Crippen molar-refractivity contribution in [2.24, 2.45) is 0 Å². The summed E-state index contributed by atoms with van der Waals surface area (Å²) >= 11 is 1.35. The van der Waals surface area contributed by atoms with Crippen LogP contribution in [0.1, 0.15) is 5.56 Å². The van der Waals surface area contributed by atoms with Gasteiger partial charge in [0.1, 0.15) is 16.3 Å². The monoisotopic (exact) mass is 345 g/mol. The highest BCUT2D eigenvalue weighted by Crippen LogP contribution is 2.35. The van der Waals surface area contributed by atoms with Crippen LogP contribution in [0.25, 0.3) is 43.1 Å². The zero-order valence-electron chi connectivity index (χ0n) is 13.2. The van der Waals surface area contributed by atoms with Gasteiger partial charge < -0.3 is 4.42 Å². The molecule has 0 N–H and O–H groups in total. The first-order valence-electron chi connectivity index (χ1n) is 7.76. The summed E-state index contributed by atoms with van der Waals surface area (Å²) in [7, 11) is 0. The molecule has 2 aliphatic rings. The Labute approximate surface area is 145 Å². The summed E-state index contributed by atoms with van der Waals surface area (Å²) in [4.78, 5) is 17.0. The summed E-state index contributed by atoms with van der Waals surface area (Å²) in [6, 6.07) is 15.4. The summed E-state index contributed by atoms with van der Waals surface area (Å²) in [5.74, 6) is 0. The minimum atomic E-state index is -0.414. The highest BCUT2D eigenvalue weighted by atomic mass is 32.1. The second-order valence-electron chi connectivity index (χ2n) is 5.83. The van der Waals surface area contributed by atoms with Crippen LogP contribution < -0.4 is 5.63 Å². The lowest BCUT2D eigenvalue weighted by molar-refractivity contribution is 0.561. The fourth-order valence-electron chi connectivity index (χ4n) is 2.97. The van der Waals surface area contributed by atoms with Crippen molar-refractivity contribution in [2.75, 3.05) is 0 Å². The second kappa shape index (κ2) is 5.19. The molecule has 2 aliphatic heterocycles. The standard InChI is InChI=1S/C19H11N3O2S/c1-10-5-4-6-11-9-13(19(23)24-16(10)11)17-22-21-15-12-7-2-3-8-14(12)20-18(15)25-17/h2-9H,1H3. The van der Waals surface area contributed by atoms with Crippen molar-refractivity contribution < 1.29 is 4.42 Å². The molecule has 0 unspecified atom stereocenters. The molecule has 0 saturated heterocycles. The molecule has 5 rings (SSSR count). The van der Waals surface area contributed by atoms with E-state index in [1.807, 2.05) is 55.5 Å². The number of hydrogen-bond donors (Lipinski definition) is 0. The Balaban J connectivity index is 1.77. The predicted octanol–water partition coefficient (Wildman–Crippen LogP) is 4.27. The van der Waals surface area contributed by atoms with E-state index in [2.05, 4.69) is 15.2 Å². The van der Waals surface area contributed by atoms with Gasteiger partial charge in [-0.2, -0.15) is 0 Å². The zero-order chi connectivity index (χ0) is 17.0. The van der Waals surface area contributed by atoms with Gasteiger partial charge in [0.05, 0.1) is 11.1 Å². The maximum Gasteiger partial charge on any atom is 0.346 e. The Hall–Kier alpha value is -3.12. The molecule has 0 saturated carbocycles. The zero-order valence-corrected chi connectivity index (χ0v) is 14.0. The summed E-state index contributed by atoms with van der Waals surface area (Å²) in [5, 5.41) is 11.7. The number of aryl methyl sites for hydroxylation is 1. The lowest BCUT2D eigenvalue weighted by atomic mass is 10.1. The number of para-hydroxylation sites is 2. The average Bonchev–Trinajstić information content (AvgIpc) is 3.00. The fourth-order valence-corrected chi connectivity index (χ4v) is 3.88. The van der Waals surface area contributed by atoms with Crippen LogP contribution in [0.3, 0.4) is 0 Å². The van der Waals surface area contributed by atoms with Crippen molar-refractivity contribution in [3.05, 3.63) is 64.5 Å². The highest BCUT2D eigenvalue weighted by Gasteiger charge is 2.18. The molecule has 120 valence electrons. The van der Waals surface area contributed by atoms with Gasteiger partial charge in [-0.15, -0.1) is 10.2 Å². The first kappa shape index (κ1) is 14.2. The summed E-state index contributed by atoms with van der Waals surface area (Å²) < 4.78 is 5.51. The number of aromatic nitrogens is 3. The van der Waals surface area contributed by atoms with Gasteiger partial charge in [-0.05, 0) is 24.6 Å². The molecule has 0 radical (unpaired) electrons. The van der Waals surface area contributed by atoms with E-state index < -0.39 is 5.63 Å². The van der Waals surface area contributed by atoms with Crippen LogP contribution in [0.4, 0.5) is 0 Å². The third kappa shape index (κ3) is 2.15. The average molecular weight is 345 g/mol. The highest BCUT2D eigenvalue weighted by molar-refractivity contribution is 7.17. The van der Waals surface area contributed by atoms with Gasteiger partial charge in [-0.25, -0.2) is 9.78 Å². The second-order valence-corrected chi connectivity index (χ2v) is 6.81. The van der Waals surface area contributed by atoms with Gasteiger partial charge in [0.2, 0.25) is 0 Å². The van der Waals surface area contributed by atoms with Gasteiger partial charge in [0, 0.05) is 10.8 Å². The Morgan fingerprint density at radius 3 is 2.80 bits per heavy atom. The number of benzene rings is 2. The molecule has 2 aromatic carbocycles. The molecule has 0 bridgehead atoms. The maximum absolute atomic E-state index is 12.4. The third-order valence-corrected chi connectivity index (χ3v) is 5.18. The molecule has 0 fully saturated rings. The Morgan fingerprint density at radius 1 is 1.00 bits per heavy atom. The van der Waals surface area contributed by atoms with Gasteiger partial charge in [-0.1, -0.05) is 47.7 Å². The maximum atomic E-state index is 12.4. The SMILES string of the molecule is Cc1cccc2cc(-c3nnc4c5ccccc5nc-4s3)c(=O)oc12. The summed E-state index contributed by atoms with van der Waals surface area (Å²) in [6.45, 7) is 1.92. The van der Waals surface area contributed by atoms with E-state index in [-0.39, 0.29) is 0 Å². The molecule has 0 spiro atoms. The molecular formula is C19H11N3O2S. The molecular weight excluding hydrogens is 334 g/mol. The van der Waals surface area contributed by atoms with E-state index in [9.17, 15) is 4.79 Å². The minimum Gasteiger partial charge on any atom is -0.422 e. The fraction of sp³-hybridized carbons (Fsp3) is 0.0526. The van der Waals surface area contributed by atoms with Gasteiger partial charge >= 0.3 is 5.63 Å². The molecule has 5 nitrogen and oxygen atoms in total. The smallest absolute Gasteiger partial charge is 0.346 e. The molecule has 3 aromatic rings. The minimum absolute atomic E-state index is 0.407. The van der Waals surface area contributed by atoms with Crippen molar-refractivity contribution in [3.8, 4) is 21.3 Å². The number of hydrogen-bond acceptors (Lipinski definition) is 6. The van der Waals surface area contributed by atoms with Crippen molar-refractivity contribution in [1.29, 1.82) is 0 Å². The van der Waals surface area contributed by atoms with Gasteiger partial charge in [-0.3, -0.25) is 0 Å². The van der Waals surface area contributed by atoms with E-state index in [1.54, 1.807) is 0 Å². The van der Waals surface area contributed by atoms with E-state index in [4.69, 9.17) is 4.42 Å².